The Bertz CT molecular complexity index is 85.2. The highest BCUT2D eigenvalue weighted by Gasteiger charge is 1.89. The molecule has 0 fully saturated rings. The van der Waals surface area contributed by atoms with Crippen molar-refractivity contribution < 1.29 is 5.11 Å². The fraction of sp³-hybridized carbons (Fsp3) is 1.00. The van der Waals surface area contributed by atoms with Crippen LogP contribution in [0.25, 0.3) is 0 Å². The summed E-state index contributed by atoms with van der Waals surface area (Å²) in [4.78, 5) is 2.38. The Morgan fingerprint density at radius 2 is 1.19 bits per heavy atom. The van der Waals surface area contributed by atoms with Crippen molar-refractivity contribution in [3.05, 3.63) is 0 Å². The normalized spacial score (nSPS) is 9.38. The van der Waals surface area contributed by atoms with E-state index in [0.29, 0.717) is 0 Å². The summed E-state index contributed by atoms with van der Waals surface area (Å²) in [5.74, 6) is 0.898. The fourth-order valence-corrected chi connectivity index (χ4v) is 1.25. The maximum absolute atomic E-state index is 7.57. The third-order valence-electron chi connectivity index (χ3n) is 2.21. The minimum Gasteiger partial charge on any atom is -0.397 e. The molecule has 0 heterocycles. The number of nitrogens with zero attached hydrogens (tertiary/aromatic N) is 1. The first-order valence-corrected chi connectivity index (χ1v) is 6.86. The van der Waals surface area contributed by atoms with Crippen molar-refractivity contribution in [1.29, 1.82) is 0 Å². The van der Waals surface area contributed by atoms with E-state index in [0.717, 1.165) is 5.92 Å². The molecule has 2 nitrogen and oxygen atoms in total. The van der Waals surface area contributed by atoms with E-state index >= 15 is 0 Å². The maximum atomic E-state index is 7.57. The van der Waals surface area contributed by atoms with Crippen LogP contribution in [0.3, 0.4) is 0 Å². The molecular weight excluding hydrogens is 198 g/mol. The highest BCUT2D eigenvalue weighted by atomic mass is 16.2. The molecular formula is C14H35NO. The maximum Gasteiger partial charge on any atom is 0.0402 e. The van der Waals surface area contributed by atoms with Gasteiger partial charge in [0, 0.05) is 6.61 Å². The van der Waals surface area contributed by atoms with Crippen molar-refractivity contribution in [1.82, 2.24) is 4.90 Å². The first-order chi connectivity index (χ1) is 7.53. The minimum atomic E-state index is 0.250. The van der Waals surface area contributed by atoms with Gasteiger partial charge in [-0.1, -0.05) is 54.4 Å². The second kappa shape index (κ2) is 20.3. The molecule has 0 aliphatic heterocycles. The lowest BCUT2D eigenvalue weighted by Gasteiger charge is -2.13. The van der Waals surface area contributed by atoms with Gasteiger partial charge in [0.25, 0.3) is 0 Å². The van der Waals surface area contributed by atoms with Crippen LogP contribution in [-0.4, -0.2) is 36.2 Å². The van der Waals surface area contributed by atoms with Crippen LogP contribution in [-0.2, 0) is 0 Å². The van der Waals surface area contributed by atoms with Crippen LogP contribution in [0.2, 0.25) is 0 Å². The molecule has 2 heteroatoms. The van der Waals surface area contributed by atoms with Gasteiger partial charge < -0.3 is 10.0 Å². The molecule has 0 aromatic heterocycles. The first-order valence-electron chi connectivity index (χ1n) is 6.86. The summed E-state index contributed by atoms with van der Waals surface area (Å²) in [5.41, 5.74) is 0. The molecule has 0 aliphatic rings. The van der Waals surface area contributed by atoms with Gasteiger partial charge in [0.1, 0.15) is 0 Å². The van der Waals surface area contributed by atoms with E-state index in [1.165, 1.54) is 32.5 Å². The summed E-state index contributed by atoms with van der Waals surface area (Å²) >= 11 is 0. The second-order valence-electron chi connectivity index (χ2n) is 4.12. The van der Waals surface area contributed by atoms with Gasteiger partial charge in [-0.3, -0.25) is 0 Å². The van der Waals surface area contributed by atoms with E-state index < -0.39 is 0 Å². The zero-order valence-corrected chi connectivity index (χ0v) is 12.7. The number of rotatable bonds is 5. The smallest absolute Gasteiger partial charge is 0.0402 e. The second-order valence-corrected chi connectivity index (χ2v) is 4.12. The average molecular weight is 233 g/mol. The summed E-state index contributed by atoms with van der Waals surface area (Å²) < 4.78 is 0. The van der Waals surface area contributed by atoms with E-state index in [1.807, 2.05) is 0 Å². The zero-order chi connectivity index (χ0) is 13.4. The third kappa shape index (κ3) is 29.2. The summed E-state index contributed by atoms with van der Waals surface area (Å²) in [6.45, 7) is 18.8. The Labute approximate surface area is 104 Å². The van der Waals surface area contributed by atoms with Gasteiger partial charge >= 0.3 is 0 Å². The number of hydrogen-bond acceptors (Lipinski definition) is 2. The summed E-state index contributed by atoms with van der Waals surface area (Å²) in [7, 11) is 0. The van der Waals surface area contributed by atoms with E-state index in [1.54, 1.807) is 6.92 Å². The van der Waals surface area contributed by atoms with Gasteiger partial charge in [0.15, 0.2) is 0 Å². The Kier molecular flexibility index (Phi) is 27.0. The van der Waals surface area contributed by atoms with Gasteiger partial charge in [0.2, 0.25) is 0 Å². The molecule has 0 radical (unpaired) electrons. The monoisotopic (exact) mass is 233 g/mol. The lowest BCUT2D eigenvalue weighted by molar-refractivity contribution is 0.318. The molecule has 0 rings (SSSR count). The molecule has 0 unspecified atom stereocenters. The third-order valence-corrected chi connectivity index (χ3v) is 2.21. The van der Waals surface area contributed by atoms with E-state index in [4.69, 9.17) is 5.11 Å². The van der Waals surface area contributed by atoms with Gasteiger partial charge in [-0.2, -0.15) is 0 Å². The summed E-state index contributed by atoms with van der Waals surface area (Å²) in [5, 5.41) is 7.57. The molecule has 0 aliphatic carbocycles. The van der Waals surface area contributed by atoms with Crippen LogP contribution in [0.4, 0.5) is 0 Å². The fourth-order valence-electron chi connectivity index (χ4n) is 1.25. The molecule has 0 spiro atoms. The highest BCUT2D eigenvalue weighted by molar-refractivity contribution is 4.43. The van der Waals surface area contributed by atoms with Crippen LogP contribution in [0.1, 0.15) is 61.3 Å². The van der Waals surface area contributed by atoms with Gasteiger partial charge in [-0.15, -0.1) is 0 Å². The van der Waals surface area contributed by atoms with Gasteiger partial charge in [0.05, 0.1) is 0 Å². The number of hydrogen-bond donors (Lipinski definition) is 1. The Morgan fingerprint density at radius 3 is 1.19 bits per heavy atom. The van der Waals surface area contributed by atoms with Crippen LogP contribution in [0.5, 0.6) is 0 Å². The molecule has 0 aromatic carbocycles. The SMILES string of the molecule is CCCC(C)C.CCN(CC)CC.CCO. The molecule has 0 amide bonds. The average Bonchev–Trinajstić information content (AvgIpc) is 2.22. The van der Waals surface area contributed by atoms with Crippen molar-refractivity contribution in [3.63, 3.8) is 0 Å². The van der Waals surface area contributed by atoms with Crippen molar-refractivity contribution in [2.24, 2.45) is 5.92 Å². The Hall–Kier alpha value is -0.0800. The van der Waals surface area contributed by atoms with Gasteiger partial charge in [-0.25, -0.2) is 0 Å². The predicted octanol–water partition coefficient (Wildman–Crippen LogP) is 3.79. The molecule has 0 atom stereocenters. The summed E-state index contributed by atoms with van der Waals surface area (Å²) in [6.07, 6.45) is 2.71. The molecule has 16 heavy (non-hydrogen) atoms. The molecule has 0 aromatic rings. The number of aliphatic hydroxyl groups excluding tert-OH is 1. The van der Waals surface area contributed by atoms with Crippen LogP contribution in [0, 0.1) is 5.92 Å². The van der Waals surface area contributed by atoms with Crippen LogP contribution in [0.15, 0.2) is 0 Å². The number of aliphatic hydroxyl groups is 1. The minimum absolute atomic E-state index is 0.250. The van der Waals surface area contributed by atoms with Gasteiger partial charge in [-0.05, 0) is 32.5 Å². The van der Waals surface area contributed by atoms with Crippen LogP contribution < -0.4 is 0 Å². The topological polar surface area (TPSA) is 23.5 Å². The molecule has 0 saturated heterocycles. The zero-order valence-electron chi connectivity index (χ0n) is 12.7. The Balaban J connectivity index is -0.000000172. The van der Waals surface area contributed by atoms with E-state index in [-0.39, 0.29) is 6.61 Å². The highest BCUT2D eigenvalue weighted by Crippen LogP contribution is 2.00. The summed E-state index contributed by atoms with van der Waals surface area (Å²) in [6, 6.07) is 0. The quantitative estimate of drug-likeness (QED) is 0.781. The molecule has 102 valence electrons. The lowest BCUT2D eigenvalue weighted by Crippen LogP contribution is -2.21. The van der Waals surface area contributed by atoms with Crippen molar-refractivity contribution in [3.8, 4) is 0 Å². The predicted molar refractivity (Wildman–Crippen MR) is 76.0 cm³/mol. The van der Waals surface area contributed by atoms with E-state index in [9.17, 15) is 0 Å². The van der Waals surface area contributed by atoms with E-state index in [2.05, 4.69) is 46.4 Å². The van der Waals surface area contributed by atoms with Crippen molar-refractivity contribution >= 4 is 0 Å². The van der Waals surface area contributed by atoms with Crippen molar-refractivity contribution in [2.45, 2.75) is 61.3 Å². The van der Waals surface area contributed by atoms with Crippen molar-refractivity contribution in [2.75, 3.05) is 26.2 Å². The first kappa shape index (κ1) is 21.2. The molecule has 0 saturated carbocycles. The van der Waals surface area contributed by atoms with Crippen LogP contribution >= 0.6 is 0 Å². The molecule has 1 N–H and O–H groups in total. The largest absolute Gasteiger partial charge is 0.397 e. The Morgan fingerprint density at radius 1 is 0.875 bits per heavy atom. The lowest BCUT2D eigenvalue weighted by atomic mass is 10.1. The molecule has 0 bridgehead atoms. The standard InChI is InChI=1S/C6H15N.C6H14.C2H6O/c1-4-7(5-2)6-3;1-4-5-6(2)3;1-2-3/h4-6H2,1-3H3;6H,4-5H2,1-3H3;3H,2H2,1H3.